The molecule has 6 nitrogen and oxygen atoms in total. The van der Waals surface area contributed by atoms with Crippen LogP contribution in [0.15, 0.2) is 29.2 Å². The SMILES string of the molecule is CCc1cc(=O)[nH]c(-c2ccc(N(C)CCO)nc2)n1. The monoisotopic (exact) mass is 274 g/mol. The first-order valence-electron chi connectivity index (χ1n) is 6.52. The lowest BCUT2D eigenvalue weighted by atomic mass is 10.2. The highest BCUT2D eigenvalue weighted by Crippen LogP contribution is 2.16. The minimum atomic E-state index is -0.159. The van der Waals surface area contributed by atoms with Crippen molar-refractivity contribution >= 4 is 5.82 Å². The summed E-state index contributed by atoms with van der Waals surface area (Å²) in [6, 6.07) is 5.19. The molecule has 2 heterocycles. The van der Waals surface area contributed by atoms with E-state index in [2.05, 4.69) is 15.0 Å². The van der Waals surface area contributed by atoms with Gasteiger partial charge >= 0.3 is 0 Å². The smallest absolute Gasteiger partial charge is 0.251 e. The summed E-state index contributed by atoms with van der Waals surface area (Å²) in [5.74, 6) is 1.29. The standard InChI is InChI=1S/C14H18N4O2/c1-3-11-8-13(20)17-14(16-11)10-4-5-12(15-9-10)18(2)6-7-19/h4-5,8-9,19H,3,6-7H2,1-2H3,(H,16,17,20). The van der Waals surface area contributed by atoms with Crippen molar-refractivity contribution in [3.63, 3.8) is 0 Å². The summed E-state index contributed by atoms with van der Waals surface area (Å²) in [6.45, 7) is 2.55. The average Bonchev–Trinajstić information content (AvgIpc) is 2.47. The molecule has 2 rings (SSSR count). The molecule has 0 unspecified atom stereocenters. The number of aromatic amines is 1. The quantitative estimate of drug-likeness (QED) is 0.843. The number of aliphatic hydroxyl groups excluding tert-OH is 1. The first-order valence-corrected chi connectivity index (χ1v) is 6.52. The first-order chi connectivity index (χ1) is 9.63. The summed E-state index contributed by atoms with van der Waals surface area (Å²) < 4.78 is 0. The van der Waals surface area contributed by atoms with Crippen LogP contribution >= 0.6 is 0 Å². The van der Waals surface area contributed by atoms with Crippen molar-refractivity contribution in [1.29, 1.82) is 0 Å². The molecule has 0 amide bonds. The second kappa shape index (κ2) is 6.29. The van der Waals surface area contributed by atoms with E-state index in [9.17, 15) is 4.79 Å². The predicted octanol–water partition coefficient (Wildman–Crippen LogP) is 0.823. The van der Waals surface area contributed by atoms with Gasteiger partial charge in [-0.25, -0.2) is 9.97 Å². The first kappa shape index (κ1) is 14.2. The molecule has 0 saturated heterocycles. The van der Waals surface area contributed by atoms with Crippen molar-refractivity contribution in [2.24, 2.45) is 0 Å². The number of hydrogen-bond acceptors (Lipinski definition) is 5. The summed E-state index contributed by atoms with van der Waals surface area (Å²) in [5, 5.41) is 8.90. The van der Waals surface area contributed by atoms with Crippen LogP contribution in [0.1, 0.15) is 12.6 Å². The van der Waals surface area contributed by atoms with Crippen molar-refractivity contribution in [1.82, 2.24) is 15.0 Å². The highest BCUT2D eigenvalue weighted by Gasteiger charge is 2.06. The lowest BCUT2D eigenvalue weighted by Crippen LogP contribution is -2.22. The Balaban J connectivity index is 2.30. The molecule has 0 spiro atoms. The third-order valence-corrected chi connectivity index (χ3v) is 3.00. The molecule has 0 aliphatic carbocycles. The lowest BCUT2D eigenvalue weighted by Gasteiger charge is -2.16. The maximum Gasteiger partial charge on any atom is 0.251 e. The van der Waals surface area contributed by atoms with Crippen molar-refractivity contribution in [2.45, 2.75) is 13.3 Å². The van der Waals surface area contributed by atoms with Crippen molar-refractivity contribution in [3.05, 3.63) is 40.4 Å². The predicted molar refractivity (Wildman–Crippen MR) is 77.8 cm³/mol. The second-order valence-corrected chi connectivity index (χ2v) is 4.49. The van der Waals surface area contributed by atoms with E-state index in [1.54, 1.807) is 6.20 Å². The van der Waals surface area contributed by atoms with Gasteiger partial charge in [0.15, 0.2) is 0 Å². The van der Waals surface area contributed by atoms with Crippen molar-refractivity contribution in [2.75, 3.05) is 25.1 Å². The summed E-state index contributed by atoms with van der Waals surface area (Å²) in [7, 11) is 1.86. The van der Waals surface area contributed by atoms with Crippen LogP contribution in [0.5, 0.6) is 0 Å². The molecular weight excluding hydrogens is 256 g/mol. The molecule has 0 aliphatic rings. The van der Waals surface area contributed by atoms with Crippen molar-refractivity contribution in [3.8, 4) is 11.4 Å². The molecule has 0 atom stereocenters. The van der Waals surface area contributed by atoms with Gasteiger partial charge in [0.25, 0.3) is 5.56 Å². The molecule has 20 heavy (non-hydrogen) atoms. The number of hydrogen-bond donors (Lipinski definition) is 2. The van der Waals surface area contributed by atoms with E-state index in [1.165, 1.54) is 6.07 Å². The van der Waals surface area contributed by atoms with E-state index in [-0.39, 0.29) is 12.2 Å². The van der Waals surface area contributed by atoms with Crippen LogP contribution in [0.4, 0.5) is 5.82 Å². The zero-order chi connectivity index (χ0) is 14.5. The highest BCUT2D eigenvalue weighted by atomic mass is 16.3. The third kappa shape index (κ3) is 3.21. The summed E-state index contributed by atoms with van der Waals surface area (Å²) in [6.07, 6.45) is 2.38. The van der Waals surface area contributed by atoms with Gasteiger partial charge in [0.1, 0.15) is 11.6 Å². The van der Waals surface area contributed by atoms with Gasteiger partial charge in [-0.15, -0.1) is 0 Å². The number of aliphatic hydroxyl groups is 1. The molecule has 2 aromatic rings. The maximum atomic E-state index is 11.6. The zero-order valence-electron chi connectivity index (χ0n) is 11.6. The van der Waals surface area contributed by atoms with Crippen LogP contribution in [-0.4, -0.2) is 40.3 Å². The Kier molecular flexibility index (Phi) is 4.47. The Bertz CT molecular complexity index is 622. The minimum Gasteiger partial charge on any atom is -0.395 e. The van der Waals surface area contributed by atoms with Crippen LogP contribution in [0.3, 0.4) is 0 Å². The van der Waals surface area contributed by atoms with Crippen LogP contribution in [0.25, 0.3) is 11.4 Å². The Hall–Kier alpha value is -2.21. The van der Waals surface area contributed by atoms with E-state index >= 15 is 0 Å². The van der Waals surface area contributed by atoms with Crippen molar-refractivity contribution < 1.29 is 5.11 Å². The molecule has 0 saturated carbocycles. The second-order valence-electron chi connectivity index (χ2n) is 4.49. The Labute approximate surface area is 117 Å². The Morgan fingerprint density at radius 1 is 1.40 bits per heavy atom. The Morgan fingerprint density at radius 3 is 2.80 bits per heavy atom. The number of nitrogens with zero attached hydrogens (tertiary/aromatic N) is 3. The van der Waals surface area contributed by atoms with Gasteiger partial charge in [-0.2, -0.15) is 0 Å². The number of H-pyrrole nitrogens is 1. The van der Waals surface area contributed by atoms with Gasteiger partial charge in [-0.3, -0.25) is 4.79 Å². The molecular formula is C14H18N4O2. The van der Waals surface area contributed by atoms with E-state index < -0.39 is 0 Å². The van der Waals surface area contributed by atoms with E-state index in [0.29, 0.717) is 18.8 Å². The summed E-state index contributed by atoms with van der Waals surface area (Å²) >= 11 is 0. The summed E-state index contributed by atoms with van der Waals surface area (Å²) in [5.41, 5.74) is 1.36. The van der Waals surface area contributed by atoms with Crippen LogP contribution in [0.2, 0.25) is 0 Å². The fourth-order valence-corrected chi connectivity index (χ4v) is 1.84. The van der Waals surface area contributed by atoms with Crippen LogP contribution in [-0.2, 0) is 6.42 Å². The normalized spacial score (nSPS) is 10.6. The van der Waals surface area contributed by atoms with Crippen LogP contribution in [0, 0.1) is 0 Å². The number of nitrogens with one attached hydrogen (secondary N) is 1. The van der Waals surface area contributed by atoms with Gasteiger partial charge in [-0.05, 0) is 18.6 Å². The number of rotatable bonds is 5. The average molecular weight is 274 g/mol. The molecule has 0 aliphatic heterocycles. The minimum absolute atomic E-state index is 0.0767. The van der Waals surface area contributed by atoms with Crippen LogP contribution < -0.4 is 10.5 Å². The van der Waals surface area contributed by atoms with Gasteiger partial charge in [0, 0.05) is 37.1 Å². The largest absolute Gasteiger partial charge is 0.395 e. The fraction of sp³-hybridized carbons (Fsp3) is 0.357. The topological polar surface area (TPSA) is 82.1 Å². The van der Waals surface area contributed by atoms with Gasteiger partial charge in [0.05, 0.1) is 6.61 Å². The van der Waals surface area contributed by atoms with E-state index in [4.69, 9.17) is 5.11 Å². The molecule has 0 fully saturated rings. The van der Waals surface area contributed by atoms with Gasteiger partial charge in [0.2, 0.25) is 0 Å². The lowest BCUT2D eigenvalue weighted by molar-refractivity contribution is 0.304. The highest BCUT2D eigenvalue weighted by molar-refractivity contribution is 5.56. The molecule has 2 N–H and O–H groups in total. The molecule has 106 valence electrons. The maximum absolute atomic E-state index is 11.6. The van der Waals surface area contributed by atoms with Gasteiger partial charge in [-0.1, -0.05) is 6.92 Å². The molecule has 2 aromatic heterocycles. The van der Waals surface area contributed by atoms with E-state index in [1.807, 2.05) is 31.0 Å². The molecule has 0 aromatic carbocycles. The van der Waals surface area contributed by atoms with E-state index in [0.717, 1.165) is 17.1 Å². The number of anilines is 1. The Morgan fingerprint density at radius 2 is 2.20 bits per heavy atom. The molecule has 0 radical (unpaired) electrons. The number of likely N-dealkylation sites (N-methyl/N-ethyl adjacent to an activating group) is 1. The fourth-order valence-electron chi connectivity index (χ4n) is 1.84. The number of aromatic nitrogens is 3. The van der Waals surface area contributed by atoms with Gasteiger partial charge < -0.3 is 15.0 Å². The summed E-state index contributed by atoms with van der Waals surface area (Å²) in [4.78, 5) is 24.8. The molecule has 0 bridgehead atoms. The third-order valence-electron chi connectivity index (χ3n) is 3.00. The number of aryl methyl sites for hydroxylation is 1. The molecule has 6 heteroatoms. The number of pyridine rings is 1. The zero-order valence-corrected chi connectivity index (χ0v) is 11.6.